The summed E-state index contributed by atoms with van der Waals surface area (Å²) in [6.07, 6.45) is 0. The first kappa shape index (κ1) is 14.3. The van der Waals surface area contributed by atoms with Crippen LogP contribution in [0.25, 0.3) is 0 Å². The fourth-order valence-electron chi connectivity index (χ4n) is 1.80. The zero-order valence-corrected chi connectivity index (χ0v) is 12.2. The molecular formula is C12H19BrN2O2. The lowest BCUT2D eigenvalue weighted by Crippen LogP contribution is -2.31. The van der Waals surface area contributed by atoms with Crippen molar-refractivity contribution in [1.82, 2.24) is 5.43 Å². The van der Waals surface area contributed by atoms with E-state index < -0.39 is 0 Å². The molecular weight excluding hydrogens is 284 g/mol. The van der Waals surface area contributed by atoms with Crippen LogP contribution < -0.4 is 20.7 Å². The Morgan fingerprint density at radius 1 is 1.24 bits per heavy atom. The second-order valence-corrected chi connectivity index (χ2v) is 4.89. The Hall–Kier alpha value is -0.780. The van der Waals surface area contributed by atoms with Crippen LogP contribution in [-0.4, -0.2) is 14.2 Å². The molecule has 96 valence electrons. The van der Waals surface area contributed by atoms with Gasteiger partial charge in [-0.1, -0.05) is 13.8 Å². The lowest BCUT2D eigenvalue weighted by molar-refractivity contribution is 0.362. The predicted molar refractivity (Wildman–Crippen MR) is 72.1 cm³/mol. The number of halogens is 1. The third-order valence-electron chi connectivity index (χ3n) is 2.70. The van der Waals surface area contributed by atoms with Gasteiger partial charge in [-0.25, -0.2) is 0 Å². The predicted octanol–water partition coefficient (Wildman–Crippen LogP) is 2.63. The Morgan fingerprint density at radius 3 is 2.29 bits per heavy atom. The average molecular weight is 303 g/mol. The molecule has 0 aliphatic heterocycles. The third-order valence-corrected chi connectivity index (χ3v) is 3.45. The van der Waals surface area contributed by atoms with E-state index in [9.17, 15) is 0 Å². The molecule has 0 heterocycles. The highest BCUT2D eigenvalue weighted by Crippen LogP contribution is 2.40. The zero-order valence-electron chi connectivity index (χ0n) is 10.6. The monoisotopic (exact) mass is 302 g/mol. The van der Waals surface area contributed by atoms with Crippen molar-refractivity contribution in [3.63, 3.8) is 0 Å². The van der Waals surface area contributed by atoms with E-state index >= 15 is 0 Å². The van der Waals surface area contributed by atoms with Crippen molar-refractivity contribution in [2.75, 3.05) is 14.2 Å². The number of rotatable bonds is 5. The molecule has 1 atom stereocenters. The fraction of sp³-hybridized carbons (Fsp3) is 0.500. The lowest BCUT2D eigenvalue weighted by atomic mass is 9.96. The second-order valence-electron chi connectivity index (χ2n) is 4.09. The van der Waals surface area contributed by atoms with E-state index in [1.54, 1.807) is 14.2 Å². The summed E-state index contributed by atoms with van der Waals surface area (Å²) in [7, 11) is 3.26. The van der Waals surface area contributed by atoms with Crippen LogP contribution in [0, 0.1) is 5.92 Å². The molecule has 1 unspecified atom stereocenters. The third kappa shape index (κ3) is 2.91. The molecule has 0 aliphatic rings. The second kappa shape index (κ2) is 6.23. The molecule has 0 spiro atoms. The number of hydrogen-bond donors (Lipinski definition) is 2. The van der Waals surface area contributed by atoms with Crippen LogP contribution in [0.4, 0.5) is 0 Å². The highest BCUT2D eigenvalue weighted by molar-refractivity contribution is 9.10. The fourth-order valence-corrected chi connectivity index (χ4v) is 2.49. The van der Waals surface area contributed by atoms with Gasteiger partial charge in [-0.3, -0.25) is 11.3 Å². The Kier molecular flexibility index (Phi) is 5.24. The summed E-state index contributed by atoms with van der Waals surface area (Å²) in [5.74, 6) is 7.45. The molecule has 0 saturated heterocycles. The van der Waals surface area contributed by atoms with Crippen LogP contribution in [0.15, 0.2) is 16.6 Å². The number of nitrogens with two attached hydrogens (primary N) is 1. The summed E-state index contributed by atoms with van der Waals surface area (Å²) in [5.41, 5.74) is 3.83. The molecule has 17 heavy (non-hydrogen) atoms. The molecule has 4 nitrogen and oxygen atoms in total. The van der Waals surface area contributed by atoms with Crippen LogP contribution in [0.3, 0.4) is 0 Å². The summed E-state index contributed by atoms with van der Waals surface area (Å²) in [4.78, 5) is 0. The van der Waals surface area contributed by atoms with Gasteiger partial charge >= 0.3 is 0 Å². The number of nitrogens with one attached hydrogen (secondary N) is 1. The molecule has 3 N–H and O–H groups in total. The quantitative estimate of drug-likeness (QED) is 0.648. The van der Waals surface area contributed by atoms with Gasteiger partial charge in [0.25, 0.3) is 0 Å². The van der Waals surface area contributed by atoms with E-state index in [1.165, 1.54) is 0 Å². The maximum atomic E-state index is 5.60. The summed E-state index contributed by atoms with van der Waals surface area (Å²) in [6.45, 7) is 4.20. The smallest absolute Gasteiger partial charge is 0.141 e. The highest BCUT2D eigenvalue weighted by Gasteiger charge is 2.21. The minimum absolute atomic E-state index is 0.0344. The van der Waals surface area contributed by atoms with Crippen LogP contribution in [0.2, 0.25) is 0 Å². The maximum absolute atomic E-state index is 5.60. The van der Waals surface area contributed by atoms with Crippen LogP contribution >= 0.6 is 15.9 Å². The van der Waals surface area contributed by atoms with Crippen molar-refractivity contribution in [3.8, 4) is 11.5 Å². The molecule has 5 heteroatoms. The van der Waals surface area contributed by atoms with Gasteiger partial charge in [-0.05, 0) is 34.0 Å². The van der Waals surface area contributed by atoms with Crippen molar-refractivity contribution in [1.29, 1.82) is 0 Å². The van der Waals surface area contributed by atoms with Gasteiger partial charge in [0.2, 0.25) is 0 Å². The highest BCUT2D eigenvalue weighted by atomic mass is 79.9. The normalized spacial score (nSPS) is 12.6. The number of ether oxygens (including phenoxy) is 2. The van der Waals surface area contributed by atoms with Crippen LogP contribution in [0.1, 0.15) is 25.5 Å². The standard InChI is InChI=1S/C12H19BrN2O2/c1-7(2)11(15-14)8-5-6-9(16-3)10(13)12(8)17-4/h5-7,11,15H,14H2,1-4H3. The van der Waals surface area contributed by atoms with Gasteiger partial charge in [-0.15, -0.1) is 0 Å². The molecule has 0 amide bonds. The van der Waals surface area contributed by atoms with Gasteiger partial charge in [0.15, 0.2) is 0 Å². The molecule has 0 aliphatic carbocycles. The van der Waals surface area contributed by atoms with E-state index in [2.05, 4.69) is 35.2 Å². The van der Waals surface area contributed by atoms with Crippen LogP contribution in [0.5, 0.6) is 11.5 Å². The first-order chi connectivity index (χ1) is 8.06. The SMILES string of the molecule is COc1ccc(C(NN)C(C)C)c(OC)c1Br. The first-order valence-electron chi connectivity index (χ1n) is 5.43. The van der Waals surface area contributed by atoms with Crippen LogP contribution in [-0.2, 0) is 0 Å². The lowest BCUT2D eigenvalue weighted by Gasteiger charge is -2.23. The van der Waals surface area contributed by atoms with E-state index in [-0.39, 0.29) is 6.04 Å². The Labute approximate surface area is 111 Å². The van der Waals surface area contributed by atoms with Gasteiger partial charge in [0, 0.05) is 5.56 Å². The molecule has 0 fully saturated rings. The van der Waals surface area contributed by atoms with E-state index in [1.807, 2.05) is 12.1 Å². The van der Waals surface area contributed by atoms with Crippen molar-refractivity contribution < 1.29 is 9.47 Å². The Balaban J connectivity index is 3.29. The van der Waals surface area contributed by atoms with E-state index in [4.69, 9.17) is 15.3 Å². The summed E-state index contributed by atoms with van der Waals surface area (Å²) < 4.78 is 11.5. The molecule has 0 bridgehead atoms. The molecule has 1 rings (SSSR count). The zero-order chi connectivity index (χ0) is 13.0. The molecule has 1 aromatic carbocycles. The summed E-state index contributed by atoms with van der Waals surface area (Å²) in [6, 6.07) is 3.90. The molecule has 1 aromatic rings. The first-order valence-corrected chi connectivity index (χ1v) is 6.22. The van der Waals surface area contributed by atoms with Gasteiger partial charge in [0.05, 0.1) is 20.3 Å². The van der Waals surface area contributed by atoms with Crippen molar-refractivity contribution in [2.24, 2.45) is 11.8 Å². The Morgan fingerprint density at radius 2 is 1.88 bits per heavy atom. The summed E-state index contributed by atoms with van der Waals surface area (Å²) in [5, 5.41) is 0. The minimum atomic E-state index is 0.0344. The van der Waals surface area contributed by atoms with Crippen molar-refractivity contribution >= 4 is 15.9 Å². The van der Waals surface area contributed by atoms with E-state index in [0.29, 0.717) is 5.92 Å². The number of methoxy groups -OCH3 is 2. The molecule has 0 radical (unpaired) electrons. The largest absolute Gasteiger partial charge is 0.495 e. The number of hydrazine groups is 1. The van der Waals surface area contributed by atoms with Crippen molar-refractivity contribution in [2.45, 2.75) is 19.9 Å². The molecule has 0 saturated carbocycles. The van der Waals surface area contributed by atoms with E-state index in [0.717, 1.165) is 21.5 Å². The maximum Gasteiger partial charge on any atom is 0.141 e. The van der Waals surface area contributed by atoms with Gasteiger partial charge in [-0.2, -0.15) is 0 Å². The Bertz CT molecular complexity index is 383. The topological polar surface area (TPSA) is 56.5 Å². The number of hydrogen-bond acceptors (Lipinski definition) is 4. The average Bonchev–Trinajstić information content (AvgIpc) is 2.30. The number of benzene rings is 1. The van der Waals surface area contributed by atoms with Gasteiger partial charge < -0.3 is 9.47 Å². The molecule has 0 aromatic heterocycles. The van der Waals surface area contributed by atoms with Crippen molar-refractivity contribution in [3.05, 3.63) is 22.2 Å². The minimum Gasteiger partial charge on any atom is -0.495 e. The van der Waals surface area contributed by atoms with Gasteiger partial charge in [0.1, 0.15) is 16.0 Å². The summed E-state index contributed by atoms with van der Waals surface area (Å²) >= 11 is 3.48.